The van der Waals surface area contributed by atoms with Gasteiger partial charge in [-0.15, -0.1) is 0 Å². The number of para-hydroxylation sites is 1. The van der Waals surface area contributed by atoms with Crippen LogP contribution in [0.25, 0.3) is 0 Å². The van der Waals surface area contributed by atoms with Crippen LogP contribution in [0.1, 0.15) is 37.7 Å². The second-order valence-electron chi connectivity index (χ2n) is 10.6. The number of nitrogens with one attached hydrogen (secondary N) is 4. The number of hydrogen-bond acceptors (Lipinski definition) is 6. The lowest BCUT2D eigenvalue weighted by Gasteiger charge is -2.46. The van der Waals surface area contributed by atoms with Crippen molar-refractivity contribution >= 4 is 29.4 Å². The van der Waals surface area contributed by atoms with Crippen LogP contribution >= 0.6 is 11.8 Å². The van der Waals surface area contributed by atoms with Crippen molar-refractivity contribution in [1.82, 2.24) is 21.3 Å². The average Bonchev–Trinajstić information content (AvgIpc) is 3.30. The molecule has 0 bridgehead atoms. The quantitative estimate of drug-likeness (QED) is 0.444. The standard InChI is InChI=1S/C29H35N5O3S/c1-17-16-21(37-20-6-4-3-5-7-20)12-13-22(17)34-23-14-15-31-28-24(23)25(33-29(34)36)26(38-28)27(35)32-19-10-8-18(30-2)9-11-19/h3-7,12-13,16,18-19,23-24,28,30-31H,8-11,14-15H2,1-2H3,(H,32,35)(H,33,36). The first kappa shape index (κ1) is 25.3. The number of nitrogens with zero attached hydrogens (tertiary/aromatic N) is 1. The molecule has 3 atom stereocenters. The van der Waals surface area contributed by atoms with Crippen molar-refractivity contribution in [2.75, 3.05) is 18.5 Å². The molecule has 3 heterocycles. The van der Waals surface area contributed by atoms with Gasteiger partial charge in [0.15, 0.2) is 0 Å². The van der Waals surface area contributed by atoms with Crippen LogP contribution in [0.15, 0.2) is 59.1 Å². The Kier molecular flexibility index (Phi) is 7.07. The molecule has 2 aromatic carbocycles. The van der Waals surface area contributed by atoms with Gasteiger partial charge in [-0.25, -0.2) is 4.79 Å². The Morgan fingerprint density at radius 2 is 1.79 bits per heavy atom. The monoisotopic (exact) mass is 533 g/mol. The van der Waals surface area contributed by atoms with Gasteiger partial charge < -0.3 is 26.0 Å². The number of amides is 3. The molecule has 1 aliphatic carbocycles. The zero-order valence-electron chi connectivity index (χ0n) is 21.8. The third kappa shape index (κ3) is 4.79. The van der Waals surface area contributed by atoms with E-state index in [1.54, 1.807) is 11.8 Å². The molecule has 0 aromatic heterocycles. The second-order valence-corrected chi connectivity index (χ2v) is 11.7. The first-order valence-electron chi connectivity index (χ1n) is 13.6. The summed E-state index contributed by atoms with van der Waals surface area (Å²) in [6.07, 6.45) is 4.90. The summed E-state index contributed by atoms with van der Waals surface area (Å²) in [5.41, 5.74) is 2.62. The molecule has 6 rings (SSSR count). The molecule has 3 aliphatic heterocycles. The van der Waals surface area contributed by atoms with Gasteiger partial charge in [-0.2, -0.15) is 0 Å². The fraction of sp³-hybridized carbons (Fsp3) is 0.448. The molecule has 3 amide bonds. The van der Waals surface area contributed by atoms with E-state index in [0.717, 1.165) is 67.1 Å². The maximum atomic E-state index is 13.6. The zero-order valence-corrected chi connectivity index (χ0v) is 22.6. The van der Waals surface area contributed by atoms with Crippen LogP contribution in [0.5, 0.6) is 11.5 Å². The minimum Gasteiger partial charge on any atom is -0.457 e. The van der Waals surface area contributed by atoms with Gasteiger partial charge in [0, 0.05) is 29.4 Å². The molecule has 38 heavy (non-hydrogen) atoms. The molecule has 3 fully saturated rings. The van der Waals surface area contributed by atoms with Gasteiger partial charge in [0.1, 0.15) is 11.5 Å². The fourth-order valence-corrected chi connectivity index (χ4v) is 7.67. The van der Waals surface area contributed by atoms with E-state index in [0.29, 0.717) is 10.9 Å². The number of anilines is 1. The smallest absolute Gasteiger partial charge is 0.326 e. The maximum Gasteiger partial charge on any atom is 0.326 e. The topological polar surface area (TPSA) is 94.7 Å². The molecule has 2 saturated heterocycles. The molecule has 4 aliphatic rings. The second kappa shape index (κ2) is 10.6. The minimum absolute atomic E-state index is 0.0199. The van der Waals surface area contributed by atoms with E-state index < -0.39 is 0 Å². The molecular weight excluding hydrogens is 498 g/mol. The minimum atomic E-state index is -0.177. The Hall–Kier alpha value is -3.01. The summed E-state index contributed by atoms with van der Waals surface area (Å²) in [5.74, 6) is 1.49. The number of hydrogen-bond donors (Lipinski definition) is 4. The summed E-state index contributed by atoms with van der Waals surface area (Å²) >= 11 is 1.56. The Balaban J connectivity index is 1.22. The van der Waals surface area contributed by atoms with Crippen molar-refractivity contribution in [2.24, 2.45) is 5.92 Å². The highest BCUT2D eigenvalue weighted by Gasteiger charge is 2.52. The van der Waals surface area contributed by atoms with Gasteiger partial charge in [-0.1, -0.05) is 30.0 Å². The summed E-state index contributed by atoms with van der Waals surface area (Å²) in [5, 5.41) is 13.4. The van der Waals surface area contributed by atoms with E-state index in [1.807, 2.05) is 67.4 Å². The number of rotatable bonds is 6. The van der Waals surface area contributed by atoms with Crippen molar-refractivity contribution in [1.29, 1.82) is 0 Å². The van der Waals surface area contributed by atoms with Crippen LogP contribution in [0, 0.1) is 12.8 Å². The number of carbonyl (C=O) groups excluding carboxylic acids is 2. The van der Waals surface area contributed by atoms with E-state index in [2.05, 4.69) is 21.3 Å². The normalized spacial score (nSPS) is 28.5. The Labute approximate surface area is 227 Å². The van der Waals surface area contributed by atoms with E-state index in [1.165, 1.54) is 0 Å². The molecule has 1 saturated carbocycles. The molecule has 2 aromatic rings. The lowest BCUT2D eigenvalue weighted by atomic mass is 9.86. The number of ether oxygens (including phenoxy) is 1. The molecule has 0 spiro atoms. The summed E-state index contributed by atoms with van der Waals surface area (Å²) in [7, 11) is 2.00. The molecule has 200 valence electrons. The highest BCUT2D eigenvalue weighted by Crippen LogP contribution is 2.48. The van der Waals surface area contributed by atoms with Crippen LogP contribution in [0.3, 0.4) is 0 Å². The number of aryl methyl sites for hydroxylation is 1. The van der Waals surface area contributed by atoms with Gasteiger partial charge in [0.2, 0.25) is 0 Å². The van der Waals surface area contributed by atoms with Gasteiger partial charge in [-0.3, -0.25) is 9.69 Å². The summed E-state index contributed by atoms with van der Waals surface area (Å²) in [4.78, 5) is 29.5. The largest absolute Gasteiger partial charge is 0.457 e. The predicted molar refractivity (Wildman–Crippen MR) is 150 cm³/mol. The first-order valence-corrected chi connectivity index (χ1v) is 14.5. The average molecular weight is 534 g/mol. The van der Waals surface area contributed by atoms with Crippen molar-refractivity contribution < 1.29 is 14.3 Å². The molecule has 4 N–H and O–H groups in total. The molecule has 8 nitrogen and oxygen atoms in total. The highest BCUT2D eigenvalue weighted by molar-refractivity contribution is 8.04. The van der Waals surface area contributed by atoms with Gasteiger partial charge in [0.25, 0.3) is 5.91 Å². The zero-order chi connectivity index (χ0) is 26.2. The Morgan fingerprint density at radius 1 is 1.03 bits per heavy atom. The van der Waals surface area contributed by atoms with Crippen LogP contribution in [-0.2, 0) is 4.79 Å². The molecule has 3 unspecified atom stereocenters. The van der Waals surface area contributed by atoms with Crippen LogP contribution < -0.4 is 30.9 Å². The molecular formula is C29H35N5O3S. The first-order chi connectivity index (χ1) is 18.5. The number of benzene rings is 2. The Morgan fingerprint density at radius 3 is 2.53 bits per heavy atom. The number of urea groups is 1. The lowest BCUT2D eigenvalue weighted by molar-refractivity contribution is -0.117. The van der Waals surface area contributed by atoms with Crippen LogP contribution in [0.2, 0.25) is 0 Å². The van der Waals surface area contributed by atoms with Crippen LogP contribution in [0.4, 0.5) is 10.5 Å². The highest BCUT2D eigenvalue weighted by atomic mass is 32.2. The van der Waals surface area contributed by atoms with E-state index in [9.17, 15) is 9.59 Å². The van der Waals surface area contributed by atoms with Gasteiger partial charge in [0.05, 0.1) is 16.3 Å². The van der Waals surface area contributed by atoms with Gasteiger partial charge in [-0.05, 0) is 88.5 Å². The van der Waals surface area contributed by atoms with Crippen molar-refractivity contribution in [3.8, 4) is 11.5 Å². The third-order valence-electron chi connectivity index (χ3n) is 8.22. The number of piperidine rings is 1. The van der Waals surface area contributed by atoms with E-state index >= 15 is 0 Å². The summed E-state index contributed by atoms with van der Waals surface area (Å²) in [6.45, 7) is 2.81. The van der Waals surface area contributed by atoms with E-state index in [4.69, 9.17) is 4.74 Å². The predicted octanol–water partition coefficient (Wildman–Crippen LogP) is 4.23. The maximum absolute atomic E-state index is 13.6. The summed E-state index contributed by atoms with van der Waals surface area (Å²) in [6, 6.07) is 16.1. The van der Waals surface area contributed by atoms with Crippen molar-refractivity contribution in [3.63, 3.8) is 0 Å². The van der Waals surface area contributed by atoms with Gasteiger partial charge >= 0.3 is 6.03 Å². The Bertz CT molecular complexity index is 1240. The molecule has 9 heteroatoms. The SMILES string of the molecule is CNC1CCC(NC(=O)C2=C3NC(=O)N(c4ccc(Oc5ccccc5)cc4C)C4CCNC(S2)C34)CC1. The van der Waals surface area contributed by atoms with E-state index in [-0.39, 0.29) is 35.3 Å². The van der Waals surface area contributed by atoms with Crippen molar-refractivity contribution in [2.45, 2.75) is 62.5 Å². The van der Waals surface area contributed by atoms with Crippen molar-refractivity contribution in [3.05, 3.63) is 64.7 Å². The number of carbonyl (C=O) groups is 2. The third-order valence-corrected chi connectivity index (χ3v) is 9.58. The number of thioether (sulfide) groups is 1. The summed E-state index contributed by atoms with van der Waals surface area (Å²) < 4.78 is 6.01. The molecule has 0 radical (unpaired) electrons. The lowest BCUT2D eigenvalue weighted by Crippen LogP contribution is -2.62. The fourth-order valence-electron chi connectivity index (χ4n) is 6.27. The van der Waals surface area contributed by atoms with Crippen LogP contribution in [-0.4, -0.2) is 49.0 Å².